The molecule has 2 heterocycles. The van der Waals surface area contributed by atoms with E-state index in [1.54, 1.807) is 13.0 Å². The summed E-state index contributed by atoms with van der Waals surface area (Å²) < 4.78 is 15.1. The van der Waals surface area contributed by atoms with Crippen molar-refractivity contribution < 1.29 is 9.18 Å². The van der Waals surface area contributed by atoms with E-state index in [1.165, 1.54) is 10.7 Å². The number of rotatable bonds is 3. The highest BCUT2D eigenvalue weighted by atomic mass is 35.5. The summed E-state index contributed by atoms with van der Waals surface area (Å²) >= 11 is 11.7. The average Bonchev–Trinajstić information content (AvgIpc) is 2.90. The minimum Gasteiger partial charge on any atom is -0.306 e. The minimum atomic E-state index is -0.733. The van der Waals surface area contributed by atoms with E-state index >= 15 is 0 Å². The number of hydrogen-bond acceptors (Lipinski definition) is 4. The van der Waals surface area contributed by atoms with Crippen LogP contribution in [0.1, 0.15) is 27.4 Å². The lowest BCUT2D eigenvalue weighted by atomic mass is 10.2. The molecule has 0 fully saturated rings. The molecular formula is C17H14Cl2FN5O. The summed E-state index contributed by atoms with van der Waals surface area (Å²) in [4.78, 5) is 21.2. The Labute approximate surface area is 159 Å². The lowest BCUT2D eigenvalue weighted by Crippen LogP contribution is -2.17. The van der Waals surface area contributed by atoms with Gasteiger partial charge in [0.1, 0.15) is 11.6 Å². The third-order valence-electron chi connectivity index (χ3n) is 3.49. The molecule has 0 spiro atoms. The Morgan fingerprint density at radius 2 is 1.65 bits per heavy atom. The zero-order valence-electron chi connectivity index (χ0n) is 14.1. The van der Waals surface area contributed by atoms with E-state index in [1.807, 2.05) is 19.9 Å². The molecule has 0 aliphatic carbocycles. The van der Waals surface area contributed by atoms with Crippen LogP contribution in [-0.2, 0) is 0 Å². The van der Waals surface area contributed by atoms with Crippen LogP contribution in [0.25, 0.3) is 5.95 Å². The van der Waals surface area contributed by atoms with Crippen molar-refractivity contribution in [3.63, 3.8) is 0 Å². The summed E-state index contributed by atoms with van der Waals surface area (Å²) in [6.45, 7) is 5.44. The molecule has 0 aliphatic heterocycles. The van der Waals surface area contributed by atoms with Gasteiger partial charge in [-0.1, -0.05) is 23.2 Å². The molecule has 6 nitrogen and oxygen atoms in total. The number of aromatic nitrogens is 4. The van der Waals surface area contributed by atoms with Gasteiger partial charge in [-0.05, 0) is 39.0 Å². The normalized spacial score (nSPS) is 10.8. The van der Waals surface area contributed by atoms with Gasteiger partial charge in [0.15, 0.2) is 0 Å². The maximum atomic E-state index is 13.7. The third-order valence-corrected chi connectivity index (χ3v) is 4.09. The molecule has 9 heteroatoms. The highest BCUT2D eigenvalue weighted by Crippen LogP contribution is 2.25. The van der Waals surface area contributed by atoms with Crippen LogP contribution in [0.3, 0.4) is 0 Å². The first-order valence-corrected chi connectivity index (χ1v) is 8.35. The van der Waals surface area contributed by atoms with Gasteiger partial charge in [0.05, 0.1) is 21.3 Å². The molecule has 3 aromatic rings. The molecular weight excluding hydrogens is 380 g/mol. The van der Waals surface area contributed by atoms with Crippen molar-refractivity contribution in [1.29, 1.82) is 0 Å². The van der Waals surface area contributed by atoms with Crippen LogP contribution in [0, 0.1) is 26.6 Å². The quantitative estimate of drug-likeness (QED) is 0.673. The van der Waals surface area contributed by atoms with Crippen LogP contribution < -0.4 is 5.32 Å². The van der Waals surface area contributed by atoms with Gasteiger partial charge in [-0.15, -0.1) is 0 Å². The molecule has 0 atom stereocenters. The van der Waals surface area contributed by atoms with E-state index in [9.17, 15) is 9.18 Å². The number of carbonyl (C=O) groups is 1. The van der Waals surface area contributed by atoms with Crippen LogP contribution in [0.4, 0.5) is 10.2 Å². The number of nitrogens with zero attached hydrogens (tertiary/aromatic N) is 4. The standard InChI is InChI=1S/C17H14Cl2FN5O/c1-8-4-9(2)22-17(21-8)25-15(5-10(3)24-25)23-16(26)11-6-14(20)13(19)7-12(11)18/h4-7H,1-3H3,(H,23,26). The number of aryl methyl sites for hydroxylation is 3. The topological polar surface area (TPSA) is 72.7 Å². The maximum Gasteiger partial charge on any atom is 0.258 e. The van der Waals surface area contributed by atoms with E-state index in [4.69, 9.17) is 23.2 Å². The third kappa shape index (κ3) is 3.68. The average molecular weight is 394 g/mol. The van der Waals surface area contributed by atoms with Gasteiger partial charge in [-0.2, -0.15) is 9.78 Å². The predicted octanol–water partition coefficient (Wildman–Crippen LogP) is 4.29. The van der Waals surface area contributed by atoms with Crippen LogP contribution in [0.15, 0.2) is 24.3 Å². The van der Waals surface area contributed by atoms with Crippen LogP contribution in [0.5, 0.6) is 0 Å². The summed E-state index contributed by atoms with van der Waals surface area (Å²) in [5, 5.41) is 6.86. The van der Waals surface area contributed by atoms with E-state index in [0.717, 1.165) is 17.5 Å². The maximum absolute atomic E-state index is 13.7. The Morgan fingerprint density at radius 3 is 2.31 bits per heavy atom. The van der Waals surface area contributed by atoms with E-state index in [-0.39, 0.29) is 15.6 Å². The molecule has 0 aliphatic rings. The monoisotopic (exact) mass is 393 g/mol. The summed E-state index contributed by atoms with van der Waals surface area (Å²) in [5.41, 5.74) is 2.14. The number of nitrogens with one attached hydrogen (secondary N) is 1. The van der Waals surface area contributed by atoms with Crippen molar-refractivity contribution in [2.75, 3.05) is 5.32 Å². The van der Waals surface area contributed by atoms with Crippen molar-refractivity contribution in [2.45, 2.75) is 20.8 Å². The molecule has 134 valence electrons. The van der Waals surface area contributed by atoms with Crippen LogP contribution in [0.2, 0.25) is 10.0 Å². The molecule has 0 saturated heterocycles. The lowest BCUT2D eigenvalue weighted by Gasteiger charge is -2.10. The first-order chi connectivity index (χ1) is 12.2. The molecule has 3 rings (SSSR count). The smallest absolute Gasteiger partial charge is 0.258 e. The molecule has 0 bridgehead atoms. The lowest BCUT2D eigenvalue weighted by molar-refractivity contribution is 0.102. The van der Waals surface area contributed by atoms with Gasteiger partial charge in [-0.3, -0.25) is 4.79 Å². The Morgan fingerprint density at radius 1 is 1.00 bits per heavy atom. The zero-order chi connectivity index (χ0) is 19.0. The summed E-state index contributed by atoms with van der Waals surface area (Å²) in [6.07, 6.45) is 0. The second-order valence-electron chi connectivity index (χ2n) is 5.73. The molecule has 26 heavy (non-hydrogen) atoms. The summed E-state index contributed by atoms with van der Waals surface area (Å²) in [5.74, 6) is -0.678. The molecule has 1 N–H and O–H groups in total. The van der Waals surface area contributed by atoms with Crippen molar-refractivity contribution in [3.8, 4) is 5.95 Å². The number of hydrogen-bond donors (Lipinski definition) is 1. The Hall–Kier alpha value is -2.51. The van der Waals surface area contributed by atoms with Crippen molar-refractivity contribution in [1.82, 2.24) is 19.7 Å². The first-order valence-electron chi connectivity index (χ1n) is 7.60. The van der Waals surface area contributed by atoms with Crippen molar-refractivity contribution >= 4 is 34.9 Å². The molecule has 0 unspecified atom stereocenters. The fourth-order valence-electron chi connectivity index (χ4n) is 2.42. The van der Waals surface area contributed by atoms with E-state index in [0.29, 0.717) is 17.5 Å². The summed E-state index contributed by atoms with van der Waals surface area (Å²) in [6, 6.07) is 5.65. The van der Waals surface area contributed by atoms with Gasteiger partial charge in [0, 0.05) is 17.5 Å². The fraction of sp³-hybridized carbons (Fsp3) is 0.176. The predicted molar refractivity (Wildman–Crippen MR) is 97.7 cm³/mol. The van der Waals surface area contributed by atoms with Crippen molar-refractivity contribution in [2.24, 2.45) is 0 Å². The highest BCUT2D eigenvalue weighted by Gasteiger charge is 2.18. The number of anilines is 1. The molecule has 1 amide bonds. The van der Waals surface area contributed by atoms with E-state index in [2.05, 4.69) is 20.4 Å². The number of benzene rings is 1. The zero-order valence-corrected chi connectivity index (χ0v) is 15.7. The Kier molecular flexibility index (Phi) is 4.93. The van der Waals surface area contributed by atoms with E-state index < -0.39 is 11.7 Å². The molecule has 2 aromatic heterocycles. The first kappa shape index (κ1) is 18.3. The fourth-order valence-corrected chi connectivity index (χ4v) is 2.89. The Balaban J connectivity index is 1.99. The van der Waals surface area contributed by atoms with Crippen LogP contribution in [-0.4, -0.2) is 25.7 Å². The number of carbonyl (C=O) groups excluding carboxylic acids is 1. The molecule has 0 radical (unpaired) electrons. The second kappa shape index (κ2) is 7.01. The summed E-state index contributed by atoms with van der Waals surface area (Å²) in [7, 11) is 0. The Bertz CT molecular complexity index is 998. The van der Waals surface area contributed by atoms with Gasteiger partial charge in [0.25, 0.3) is 11.9 Å². The van der Waals surface area contributed by atoms with Gasteiger partial charge in [-0.25, -0.2) is 14.4 Å². The van der Waals surface area contributed by atoms with Crippen molar-refractivity contribution in [3.05, 3.63) is 62.8 Å². The highest BCUT2D eigenvalue weighted by molar-refractivity contribution is 6.37. The SMILES string of the molecule is Cc1cc(C)nc(-n2nc(C)cc2NC(=O)c2cc(F)c(Cl)cc2Cl)n1. The van der Waals surface area contributed by atoms with Gasteiger partial charge in [0.2, 0.25) is 0 Å². The minimum absolute atomic E-state index is 0.0411. The van der Waals surface area contributed by atoms with Crippen LogP contribution >= 0.6 is 23.2 Å². The second-order valence-corrected chi connectivity index (χ2v) is 6.55. The largest absolute Gasteiger partial charge is 0.306 e. The number of halogens is 3. The number of amides is 1. The molecule has 1 aromatic carbocycles. The molecule has 0 saturated carbocycles. The van der Waals surface area contributed by atoms with Gasteiger partial charge >= 0.3 is 0 Å². The van der Waals surface area contributed by atoms with Gasteiger partial charge < -0.3 is 5.32 Å².